The van der Waals surface area contributed by atoms with E-state index in [0.29, 0.717) is 6.54 Å². The van der Waals surface area contributed by atoms with Crippen molar-refractivity contribution >= 4 is 22.9 Å². The van der Waals surface area contributed by atoms with E-state index in [1.165, 1.54) is 10.4 Å². The van der Waals surface area contributed by atoms with Gasteiger partial charge in [-0.3, -0.25) is 4.90 Å². The molecule has 0 radical (unpaired) electrons. The van der Waals surface area contributed by atoms with Gasteiger partial charge in [-0.2, -0.15) is 0 Å². The van der Waals surface area contributed by atoms with Crippen molar-refractivity contribution in [2.45, 2.75) is 19.5 Å². The van der Waals surface area contributed by atoms with Gasteiger partial charge in [0.25, 0.3) is 0 Å². The molecule has 2 aromatic rings. The summed E-state index contributed by atoms with van der Waals surface area (Å²) in [7, 11) is 0. The molecule has 1 atom stereocenters. The van der Waals surface area contributed by atoms with Crippen LogP contribution in [-0.2, 0) is 6.54 Å². The van der Waals surface area contributed by atoms with Crippen molar-refractivity contribution in [3.63, 3.8) is 0 Å². The van der Waals surface area contributed by atoms with Gasteiger partial charge in [-0.1, -0.05) is 48.9 Å². The van der Waals surface area contributed by atoms with E-state index in [4.69, 9.17) is 17.3 Å². The fraction of sp³-hybridized carbons (Fsp3) is 0.333. The van der Waals surface area contributed by atoms with Crippen LogP contribution in [0.15, 0.2) is 42.5 Å². The molecule has 0 bridgehead atoms. The van der Waals surface area contributed by atoms with Crippen molar-refractivity contribution in [1.29, 1.82) is 0 Å². The van der Waals surface area contributed by atoms with Crippen molar-refractivity contribution < 1.29 is 0 Å². The number of nitrogens with zero attached hydrogens (tertiary/aromatic N) is 1. The molecule has 1 unspecified atom stereocenters. The molecule has 0 aliphatic heterocycles. The Balaban J connectivity index is 2.15. The summed E-state index contributed by atoms with van der Waals surface area (Å²) in [6, 6.07) is 14.8. The molecule has 102 valence electrons. The summed E-state index contributed by atoms with van der Waals surface area (Å²) in [5, 5.41) is 0. The van der Waals surface area contributed by atoms with Crippen molar-refractivity contribution in [3.8, 4) is 0 Å². The second-order valence-electron chi connectivity index (χ2n) is 4.44. The second-order valence-corrected chi connectivity index (χ2v) is 6.19. The molecule has 0 saturated carbocycles. The molecule has 2 nitrogen and oxygen atoms in total. The molecule has 0 spiro atoms. The molecule has 1 aromatic carbocycles. The smallest absolute Gasteiger partial charge is 0.0931 e. The number of nitrogens with two attached hydrogens (primary N) is 1. The molecule has 0 amide bonds. The normalized spacial score (nSPS) is 12.8. The maximum Gasteiger partial charge on any atom is 0.0931 e. The Morgan fingerprint density at radius 1 is 1.21 bits per heavy atom. The van der Waals surface area contributed by atoms with Crippen LogP contribution < -0.4 is 5.73 Å². The molecular weight excluding hydrogens is 276 g/mol. The Bertz CT molecular complexity index is 498. The summed E-state index contributed by atoms with van der Waals surface area (Å²) in [4.78, 5) is 3.63. The summed E-state index contributed by atoms with van der Waals surface area (Å²) in [5.74, 6) is 0. The van der Waals surface area contributed by atoms with Crippen molar-refractivity contribution in [3.05, 3.63) is 57.2 Å². The summed E-state index contributed by atoms with van der Waals surface area (Å²) in [5.41, 5.74) is 7.28. The maximum absolute atomic E-state index is 6.03. The van der Waals surface area contributed by atoms with E-state index in [9.17, 15) is 0 Å². The third-order valence-electron chi connectivity index (χ3n) is 3.22. The Hall–Kier alpha value is -0.870. The van der Waals surface area contributed by atoms with Crippen LogP contribution in [0.25, 0.3) is 0 Å². The van der Waals surface area contributed by atoms with Gasteiger partial charge >= 0.3 is 0 Å². The van der Waals surface area contributed by atoms with Gasteiger partial charge in [-0.05, 0) is 24.2 Å². The van der Waals surface area contributed by atoms with Gasteiger partial charge in [0.1, 0.15) is 0 Å². The Kier molecular flexibility index (Phi) is 5.40. The first kappa shape index (κ1) is 14.5. The van der Waals surface area contributed by atoms with Crippen LogP contribution in [0.1, 0.15) is 23.4 Å². The second kappa shape index (κ2) is 7.06. The molecule has 1 aromatic heterocycles. The number of hydrogen-bond acceptors (Lipinski definition) is 3. The van der Waals surface area contributed by atoms with Crippen LogP contribution in [0.2, 0.25) is 4.34 Å². The van der Waals surface area contributed by atoms with Gasteiger partial charge < -0.3 is 5.73 Å². The van der Waals surface area contributed by atoms with Crippen molar-refractivity contribution in [2.75, 3.05) is 13.1 Å². The fourth-order valence-electron chi connectivity index (χ4n) is 2.21. The SMILES string of the molecule is CCN(Cc1ccccc1)C(CN)c1ccc(Cl)s1. The molecule has 2 N–H and O–H groups in total. The summed E-state index contributed by atoms with van der Waals surface area (Å²) in [6.45, 7) is 4.65. The van der Waals surface area contributed by atoms with Gasteiger partial charge in [-0.25, -0.2) is 0 Å². The molecule has 1 heterocycles. The predicted molar refractivity (Wildman–Crippen MR) is 83.7 cm³/mol. The molecule has 0 saturated heterocycles. The van der Waals surface area contributed by atoms with Crippen LogP contribution >= 0.6 is 22.9 Å². The minimum absolute atomic E-state index is 0.239. The highest BCUT2D eigenvalue weighted by molar-refractivity contribution is 7.16. The average molecular weight is 295 g/mol. The predicted octanol–water partition coefficient (Wildman–Crippen LogP) is 3.92. The first-order valence-corrected chi connectivity index (χ1v) is 7.67. The molecular formula is C15H19ClN2S. The first-order chi connectivity index (χ1) is 9.24. The van der Waals surface area contributed by atoms with Gasteiger partial charge in [0.05, 0.1) is 10.4 Å². The fourth-order valence-corrected chi connectivity index (χ4v) is 3.42. The average Bonchev–Trinajstić information content (AvgIpc) is 2.86. The van der Waals surface area contributed by atoms with Crippen molar-refractivity contribution in [1.82, 2.24) is 4.90 Å². The lowest BCUT2D eigenvalue weighted by Gasteiger charge is -2.29. The lowest BCUT2D eigenvalue weighted by molar-refractivity contribution is 0.206. The van der Waals surface area contributed by atoms with Gasteiger partial charge in [0.2, 0.25) is 0 Å². The van der Waals surface area contributed by atoms with Gasteiger partial charge in [0, 0.05) is 18.0 Å². The van der Waals surface area contributed by atoms with E-state index in [1.54, 1.807) is 11.3 Å². The van der Waals surface area contributed by atoms with Crippen LogP contribution in [-0.4, -0.2) is 18.0 Å². The molecule has 0 fully saturated rings. The minimum Gasteiger partial charge on any atom is -0.329 e. The highest BCUT2D eigenvalue weighted by Gasteiger charge is 2.19. The highest BCUT2D eigenvalue weighted by Crippen LogP contribution is 2.30. The van der Waals surface area contributed by atoms with Crippen LogP contribution in [0.4, 0.5) is 0 Å². The zero-order valence-corrected chi connectivity index (χ0v) is 12.6. The van der Waals surface area contributed by atoms with E-state index in [0.717, 1.165) is 17.4 Å². The first-order valence-electron chi connectivity index (χ1n) is 6.48. The summed E-state index contributed by atoms with van der Waals surface area (Å²) in [6.07, 6.45) is 0. The molecule has 0 aliphatic rings. The Morgan fingerprint density at radius 3 is 2.47 bits per heavy atom. The summed E-state index contributed by atoms with van der Waals surface area (Å²) >= 11 is 7.65. The number of rotatable bonds is 6. The van der Waals surface area contributed by atoms with Crippen LogP contribution in [0.5, 0.6) is 0 Å². The quantitative estimate of drug-likeness (QED) is 0.875. The molecule has 19 heavy (non-hydrogen) atoms. The Labute approximate surface area is 123 Å². The number of likely N-dealkylation sites (N-methyl/N-ethyl adjacent to an activating group) is 1. The van der Waals surface area contributed by atoms with E-state index >= 15 is 0 Å². The molecule has 0 aliphatic carbocycles. The van der Waals surface area contributed by atoms with E-state index in [-0.39, 0.29) is 6.04 Å². The highest BCUT2D eigenvalue weighted by atomic mass is 35.5. The van der Waals surface area contributed by atoms with E-state index in [1.807, 2.05) is 12.1 Å². The molecule has 4 heteroatoms. The van der Waals surface area contributed by atoms with Gasteiger partial charge in [-0.15, -0.1) is 11.3 Å². The largest absolute Gasteiger partial charge is 0.329 e. The number of benzene rings is 1. The number of thiophene rings is 1. The Morgan fingerprint density at radius 2 is 1.95 bits per heavy atom. The number of hydrogen-bond donors (Lipinski definition) is 1. The van der Waals surface area contributed by atoms with E-state index < -0.39 is 0 Å². The van der Waals surface area contributed by atoms with Crippen LogP contribution in [0.3, 0.4) is 0 Å². The zero-order chi connectivity index (χ0) is 13.7. The molecule has 2 rings (SSSR count). The minimum atomic E-state index is 0.239. The monoisotopic (exact) mass is 294 g/mol. The third kappa shape index (κ3) is 3.80. The van der Waals surface area contributed by atoms with Crippen LogP contribution in [0, 0.1) is 0 Å². The maximum atomic E-state index is 6.03. The third-order valence-corrected chi connectivity index (χ3v) is 4.55. The lowest BCUT2D eigenvalue weighted by Crippen LogP contribution is -2.32. The standard InChI is InChI=1S/C15H19ClN2S/c1-2-18(11-12-6-4-3-5-7-12)13(10-17)14-8-9-15(16)19-14/h3-9,13H,2,10-11,17H2,1H3. The van der Waals surface area contributed by atoms with Crippen molar-refractivity contribution in [2.24, 2.45) is 5.73 Å². The lowest BCUT2D eigenvalue weighted by atomic mass is 10.1. The van der Waals surface area contributed by atoms with E-state index in [2.05, 4.69) is 42.2 Å². The van der Waals surface area contributed by atoms with Gasteiger partial charge in [0.15, 0.2) is 0 Å². The number of halogens is 1. The topological polar surface area (TPSA) is 29.3 Å². The summed E-state index contributed by atoms with van der Waals surface area (Å²) < 4.78 is 0.823. The zero-order valence-electron chi connectivity index (χ0n) is 11.1.